The normalized spacial score (nSPS) is 44.3. The molecule has 0 spiro atoms. The Balaban J connectivity index is 1.60. The highest BCUT2D eigenvalue weighted by Gasteiger charge is 2.59. The summed E-state index contributed by atoms with van der Waals surface area (Å²) in [5.74, 6) is 0.871. The molecule has 3 rings (SSSR count). The number of amides is 1. The molecule has 1 heterocycles. The van der Waals surface area contributed by atoms with E-state index in [1.165, 1.54) is 0 Å². The first-order chi connectivity index (χ1) is 9.00. The molecule has 1 amide bonds. The Bertz CT molecular complexity index is 369. The zero-order valence-corrected chi connectivity index (χ0v) is 12.0. The number of carbonyl (C=O) groups is 1. The van der Waals surface area contributed by atoms with E-state index in [9.17, 15) is 4.79 Å². The van der Waals surface area contributed by atoms with Gasteiger partial charge in [0.05, 0.1) is 6.10 Å². The molecular formula is C15H26N2O2. The Morgan fingerprint density at radius 3 is 2.84 bits per heavy atom. The smallest absolute Gasteiger partial charge is 0.223 e. The van der Waals surface area contributed by atoms with Crippen LogP contribution in [0.15, 0.2) is 0 Å². The fourth-order valence-electron chi connectivity index (χ4n) is 4.35. The maximum atomic E-state index is 12.4. The van der Waals surface area contributed by atoms with Crippen molar-refractivity contribution >= 4 is 5.91 Å². The summed E-state index contributed by atoms with van der Waals surface area (Å²) in [7, 11) is 0. The summed E-state index contributed by atoms with van der Waals surface area (Å²) in [5.41, 5.74) is 6.06. The molecule has 0 aromatic rings. The van der Waals surface area contributed by atoms with E-state index in [0.717, 1.165) is 38.7 Å². The minimum absolute atomic E-state index is 0.0770. The van der Waals surface area contributed by atoms with E-state index in [2.05, 4.69) is 19.2 Å². The van der Waals surface area contributed by atoms with Gasteiger partial charge in [0.2, 0.25) is 5.91 Å². The van der Waals surface area contributed by atoms with E-state index >= 15 is 0 Å². The van der Waals surface area contributed by atoms with Crippen LogP contribution in [0.1, 0.15) is 46.0 Å². The zero-order valence-electron chi connectivity index (χ0n) is 12.0. The molecule has 0 aromatic carbocycles. The molecule has 2 saturated carbocycles. The Labute approximate surface area is 115 Å². The molecule has 5 atom stereocenters. The Hall–Kier alpha value is -0.610. The van der Waals surface area contributed by atoms with Crippen molar-refractivity contribution in [3.05, 3.63) is 0 Å². The molecule has 3 fully saturated rings. The van der Waals surface area contributed by atoms with Gasteiger partial charge in [-0.15, -0.1) is 0 Å². The summed E-state index contributed by atoms with van der Waals surface area (Å²) >= 11 is 0. The van der Waals surface area contributed by atoms with E-state index < -0.39 is 0 Å². The third-order valence-corrected chi connectivity index (χ3v) is 5.48. The van der Waals surface area contributed by atoms with Crippen LogP contribution in [0.4, 0.5) is 0 Å². The number of nitrogens with two attached hydrogens (primary N) is 1. The average Bonchev–Trinajstić information content (AvgIpc) is 2.82. The number of hydrogen-bond acceptors (Lipinski definition) is 3. The van der Waals surface area contributed by atoms with E-state index in [4.69, 9.17) is 10.5 Å². The number of hydrogen-bond donors (Lipinski definition) is 2. The first-order valence-electron chi connectivity index (χ1n) is 7.67. The van der Waals surface area contributed by atoms with E-state index in [1.54, 1.807) is 0 Å². The van der Waals surface area contributed by atoms with Gasteiger partial charge < -0.3 is 15.8 Å². The third-order valence-electron chi connectivity index (χ3n) is 5.48. The predicted octanol–water partition coefficient (Wildman–Crippen LogP) is 1.43. The van der Waals surface area contributed by atoms with Gasteiger partial charge in [-0.3, -0.25) is 4.79 Å². The van der Waals surface area contributed by atoms with Crippen molar-refractivity contribution in [3.8, 4) is 0 Å². The molecule has 0 bridgehead atoms. The van der Waals surface area contributed by atoms with Crippen molar-refractivity contribution in [2.45, 2.75) is 64.1 Å². The quantitative estimate of drug-likeness (QED) is 0.795. The largest absolute Gasteiger partial charge is 0.377 e. The van der Waals surface area contributed by atoms with E-state index in [-0.39, 0.29) is 29.3 Å². The fraction of sp³-hybridized carbons (Fsp3) is 0.933. The molecule has 1 saturated heterocycles. The second-order valence-electron chi connectivity index (χ2n) is 7.18. The monoisotopic (exact) mass is 266 g/mol. The summed E-state index contributed by atoms with van der Waals surface area (Å²) in [6.45, 7) is 5.26. The zero-order chi connectivity index (χ0) is 13.6. The van der Waals surface area contributed by atoms with Crippen molar-refractivity contribution in [2.24, 2.45) is 23.0 Å². The highest BCUT2D eigenvalue weighted by Crippen LogP contribution is 2.52. The summed E-state index contributed by atoms with van der Waals surface area (Å²) in [4.78, 5) is 12.4. The van der Waals surface area contributed by atoms with Crippen LogP contribution in [-0.2, 0) is 9.53 Å². The van der Waals surface area contributed by atoms with Crippen molar-refractivity contribution in [2.75, 3.05) is 6.61 Å². The highest BCUT2D eigenvalue weighted by atomic mass is 16.5. The molecule has 5 unspecified atom stereocenters. The molecule has 4 heteroatoms. The van der Waals surface area contributed by atoms with Crippen LogP contribution in [0.5, 0.6) is 0 Å². The number of rotatable bonds is 2. The molecule has 19 heavy (non-hydrogen) atoms. The topological polar surface area (TPSA) is 64.4 Å². The van der Waals surface area contributed by atoms with Crippen molar-refractivity contribution in [1.82, 2.24) is 5.32 Å². The van der Waals surface area contributed by atoms with Gasteiger partial charge in [-0.25, -0.2) is 0 Å². The van der Waals surface area contributed by atoms with Crippen LogP contribution < -0.4 is 11.1 Å². The molecule has 108 valence electrons. The van der Waals surface area contributed by atoms with Crippen LogP contribution in [0.3, 0.4) is 0 Å². The predicted molar refractivity (Wildman–Crippen MR) is 73.5 cm³/mol. The molecule has 4 nitrogen and oxygen atoms in total. The third kappa shape index (κ3) is 2.19. The summed E-state index contributed by atoms with van der Waals surface area (Å²) in [5, 5.41) is 3.29. The lowest BCUT2D eigenvalue weighted by Crippen LogP contribution is -2.67. The molecule has 1 aliphatic heterocycles. The number of carbonyl (C=O) groups excluding carboxylic acids is 1. The van der Waals surface area contributed by atoms with Gasteiger partial charge in [-0.2, -0.15) is 0 Å². The van der Waals surface area contributed by atoms with Gasteiger partial charge in [0.25, 0.3) is 0 Å². The minimum Gasteiger partial charge on any atom is -0.377 e. The van der Waals surface area contributed by atoms with Gasteiger partial charge in [0, 0.05) is 35.9 Å². The number of ether oxygens (including phenoxy) is 1. The summed E-state index contributed by atoms with van der Waals surface area (Å²) in [6, 6.07) is 0.493. The Morgan fingerprint density at radius 2 is 2.11 bits per heavy atom. The van der Waals surface area contributed by atoms with Gasteiger partial charge >= 0.3 is 0 Å². The van der Waals surface area contributed by atoms with Crippen LogP contribution in [-0.4, -0.2) is 30.7 Å². The number of nitrogens with one attached hydrogen (secondary N) is 1. The van der Waals surface area contributed by atoms with Crippen LogP contribution in [0, 0.1) is 17.3 Å². The number of fused-ring (bicyclic) bond motifs is 1. The first-order valence-corrected chi connectivity index (χ1v) is 7.67. The van der Waals surface area contributed by atoms with Crippen LogP contribution >= 0.6 is 0 Å². The Morgan fingerprint density at radius 1 is 1.32 bits per heavy atom. The molecule has 3 N–H and O–H groups in total. The van der Waals surface area contributed by atoms with Crippen molar-refractivity contribution in [1.29, 1.82) is 0 Å². The molecule has 0 radical (unpaired) electrons. The second kappa shape index (κ2) is 4.74. The minimum atomic E-state index is 0.0770. The first kappa shape index (κ1) is 13.4. The maximum Gasteiger partial charge on any atom is 0.223 e. The molecule has 3 aliphatic rings. The molecular weight excluding hydrogens is 240 g/mol. The van der Waals surface area contributed by atoms with Gasteiger partial charge in [0.1, 0.15) is 0 Å². The van der Waals surface area contributed by atoms with Crippen LogP contribution in [0.2, 0.25) is 0 Å². The Kier molecular flexibility index (Phi) is 3.34. The SMILES string of the molecule is CC1(C)C(NC(=O)C2CCCC(N)C2)C2CCOC21. The van der Waals surface area contributed by atoms with Crippen molar-refractivity contribution in [3.63, 3.8) is 0 Å². The van der Waals surface area contributed by atoms with Crippen molar-refractivity contribution < 1.29 is 9.53 Å². The van der Waals surface area contributed by atoms with Gasteiger partial charge in [-0.05, 0) is 25.7 Å². The van der Waals surface area contributed by atoms with E-state index in [0.29, 0.717) is 12.0 Å². The average molecular weight is 266 g/mol. The maximum absolute atomic E-state index is 12.4. The summed E-state index contributed by atoms with van der Waals surface area (Å²) in [6.07, 6.45) is 5.43. The summed E-state index contributed by atoms with van der Waals surface area (Å²) < 4.78 is 5.77. The van der Waals surface area contributed by atoms with Crippen LogP contribution in [0.25, 0.3) is 0 Å². The second-order valence-corrected chi connectivity index (χ2v) is 7.18. The lowest BCUT2D eigenvalue weighted by Gasteiger charge is -2.54. The highest BCUT2D eigenvalue weighted by molar-refractivity contribution is 5.79. The molecule has 2 aliphatic carbocycles. The lowest BCUT2D eigenvalue weighted by atomic mass is 9.57. The lowest BCUT2D eigenvalue weighted by molar-refractivity contribution is -0.141. The van der Waals surface area contributed by atoms with E-state index in [1.807, 2.05) is 0 Å². The fourth-order valence-corrected chi connectivity index (χ4v) is 4.35. The molecule has 0 aromatic heterocycles. The van der Waals surface area contributed by atoms with Gasteiger partial charge in [-0.1, -0.05) is 20.3 Å². The standard InChI is InChI=1S/C15H26N2O2/c1-15(2)12(11-6-7-19-13(11)15)17-14(18)9-4-3-5-10(16)8-9/h9-13H,3-8,16H2,1-2H3,(H,17,18). The van der Waals surface area contributed by atoms with Gasteiger partial charge in [0.15, 0.2) is 0 Å².